The Labute approximate surface area is 110 Å². The number of carboxylic acids is 1. The molecule has 0 unspecified atom stereocenters. The van der Waals surface area contributed by atoms with E-state index >= 15 is 0 Å². The van der Waals surface area contributed by atoms with E-state index in [-0.39, 0.29) is 5.56 Å². The van der Waals surface area contributed by atoms with Crippen LogP contribution in [0.3, 0.4) is 0 Å². The van der Waals surface area contributed by atoms with Crippen LogP contribution < -0.4 is 0 Å². The minimum absolute atomic E-state index is 0.316. The molecule has 0 atom stereocenters. The number of carbonyl (C=O) groups is 1. The molecule has 0 bridgehead atoms. The van der Waals surface area contributed by atoms with Crippen molar-refractivity contribution in [3.63, 3.8) is 0 Å². The molecule has 88 valence electrons. The van der Waals surface area contributed by atoms with Gasteiger partial charge in [-0.2, -0.15) is 5.10 Å². The van der Waals surface area contributed by atoms with E-state index in [1.165, 1.54) is 12.1 Å². The number of aromatic carboxylic acids is 1. The molecule has 0 aliphatic carbocycles. The molecule has 2 rings (SSSR count). The normalized spacial score (nSPS) is 10.5. The molecular formula is C11H8FIN2O2. The van der Waals surface area contributed by atoms with Gasteiger partial charge in [0.1, 0.15) is 5.82 Å². The van der Waals surface area contributed by atoms with Crippen LogP contribution in [0.25, 0.3) is 0 Å². The monoisotopic (exact) mass is 346 g/mol. The van der Waals surface area contributed by atoms with Gasteiger partial charge in [0.15, 0.2) is 0 Å². The maximum atomic E-state index is 13.4. The van der Waals surface area contributed by atoms with E-state index in [0.29, 0.717) is 12.1 Å². The summed E-state index contributed by atoms with van der Waals surface area (Å²) in [5.74, 6) is -1.99. The molecule has 0 saturated heterocycles. The van der Waals surface area contributed by atoms with E-state index in [9.17, 15) is 9.18 Å². The van der Waals surface area contributed by atoms with E-state index < -0.39 is 11.8 Å². The first-order valence-corrected chi connectivity index (χ1v) is 5.84. The Morgan fingerprint density at radius 1 is 1.53 bits per heavy atom. The van der Waals surface area contributed by atoms with Crippen LogP contribution in [-0.4, -0.2) is 20.9 Å². The lowest BCUT2D eigenvalue weighted by molar-refractivity contribution is 0.0692. The predicted molar refractivity (Wildman–Crippen MR) is 67.4 cm³/mol. The van der Waals surface area contributed by atoms with Crippen LogP contribution in [-0.2, 0) is 6.54 Å². The van der Waals surface area contributed by atoms with E-state index in [2.05, 4.69) is 27.7 Å². The third kappa shape index (κ3) is 2.82. The van der Waals surface area contributed by atoms with E-state index in [0.717, 1.165) is 3.57 Å². The highest BCUT2D eigenvalue weighted by molar-refractivity contribution is 14.1. The first kappa shape index (κ1) is 12.0. The summed E-state index contributed by atoms with van der Waals surface area (Å²) in [6.45, 7) is 0.416. The van der Waals surface area contributed by atoms with Crippen molar-refractivity contribution in [2.24, 2.45) is 0 Å². The van der Waals surface area contributed by atoms with Gasteiger partial charge in [-0.05, 0) is 40.3 Å². The average molecular weight is 346 g/mol. The molecule has 0 fully saturated rings. The Morgan fingerprint density at radius 2 is 2.29 bits per heavy atom. The lowest BCUT2D eigenvalue weighted by atomic mass is 10.1. The van der Waals surface area contributed by atoms with Crippen LogP contribution >= 0.6 is 22.6 Å². The Balaban J connectivity index is 2.23. The highest BCUT2D eigenvalue weighted by atomic mass is 127. The number of hydrogen-bond acceptors (Lipinski definition) is 2. The van der Waals surface area contributed by atoms with Gasteiger partial charge in [-0.15, -0.1) is 0 Å². The molecule has 17 heavy (non-hydrogen) atoms. The number of benzene rings is 1. The Bertz CT molecular complexity index is 568. The second kappa shape index (κ2) is 4.82. The molecular weight excluding hydrogens is 338 g/mol. The van der Waals surface area contributed by atoms with E-state index in [1.807, 2.05) is 6.20 Å². The number of halogens is 2. The molecule has 0 saturated carbocycles. The predicted octanol–water partition coefficient (Wildman–Crippen LogP) is 2.37. The number of hydrogen-bond donors (Lipinski definition) is 1. The minimum atomic E-state index is -1.26. The van der Waals surface area contributed by atoms with Gasteiger partial charge in [0.2, 0.25) is 0 Å². The molecule has 1 aromatic carbocycles. The zero-order chi connectivity index (χ0) is 12.4. The van der Waals surface area contributed by atoms with Gasteiger partial charge in [0.05, 0.1) is 21.9 Å². The molecule has 0 spiro atoms. The van der Waals surface area contributed by atoms with Crippen LogP contribution in [0.2, 0.25) is 0 Å². The molecule has 4 nitrogen and oxygen atoms in total. The van der Waals surface area contributed by atoms with Gasteiger partial charge in [0, 0.05) is 6.20 Å². The zero-order valence-electron chi connectivity index (χ0n) is 8.60. The van der Waals surface area contributed by atoms with E-state index in [4.69, 9.17) is 5.11 Å². The number of nitrogens with zero attached hydrogens (tertiary/aromatic N) is 2. The topological polar surface area (TPSA) is 55.1 Å². The molecule has 0 aliphatic rings. The van der Waals surface area contributed by atoms with Crippen molar-refractivity contribution < 1.29 is 14.3 Å². The van der Waals surface area contributed by atoms with Crippen molar-refractivity contribution >= 4 is 28.6 Å². The van der Waals surface area contributed by atoms with Crippen molar-refractivity contribution in [1.82, 2.24) is 9.78 Å². The summed E-state index contributed by atoms with van der Waals surface area (Å²) in [6, 6.07) is 4.07. The molecule has 0 radical (unpaired) electrons. The smallest absolute Gasteiger partial charge is 0.338 e. The molecule has 2 aromatic rings. The van der Waals surface area contributed by atoms with Gasteiger partial charge in [0.25, 0.3) is 0 Å². The summed E-state index contributed by atoms with van der Waals surface area (Å²) >= 11 is 2.13. The highest BCUT2D eigenvalue weighted by Gasteiger charge is 2.10. The Morgan fingerprint density at radius 3 is 2.82 bits per heavy atom. The summed E-state index contributed by atoms with van der Waals surface area (Å²) in [5.41, 5.74) is 0.357. The maximum absolute atomic E-state index is 13.4. The van der Waals surface area contributed by atoms with Crippen LogP contribution in [0.5, 0.6) is 0 Å². The fourth-order valence-electron chi connectivity index (χ4n) is 1.44. The molecule has 1 N–H and O–H groups in total. The van der Waals surface area contributed by atoms with Crippen LogP contribution in [0.15, 0.2) is 30.6 Å². The summed E-state index contributed by atoms with van der Waals surface area (Å²) in [7, 11) is 0. The Kier molecular flexibility index (Phi) is 3.41. The number of carboxylic acid groups (broad SMARTS) is 1. The number of aromatic nitrogens is 2. The summed E-state index contributed by atoms with van der Waals surface area (Å²) in [5, 5.41) is 12.8. The van der Waals surface area contributed by atoms with Gasteiger partial charge in [-0.25, -0.2) is 9.18 Å². The van der Waals surface area contributed by atoms with Crippen LogP contribution in [0.4, 0.5) is 4.39 Å². The summed E-state index contributed by atoms with van der Waals surface area (Å²) in [4.78, 5) is 10.6. The first-order chi connectivity index (χ1) is 8.06. The van der Waals surface area contributed by atoms with Crippen molar-refractivity contribution in [1.29, 1.82) is 0 Å². The molecule has 1 aromatic heterocycles. The number of rotatable bonds is 3. The largest absolute Gasteiger partial charge is 0.478 e. The van der Waals surface area contributed by atoms with Crippen molar-refractivity contribution in [3.8, 4) is 0 Å². The molecule has 1 heterocycles. The summed E-state index contributed by atoms with van der Waals surface area (Å²) in [6.07, 6.45) is 3.52. The third-order valence-electron chi connectivity index (χ3n) is 2.21. The molecule has 0 aliphatic heterocycles. The standard InChI is InChI=1S/C11H8FIN2O2/c12-10-3-7(1-2-9(10)11(16)17)5-15-6-8(13)4-14-15/h1-4,6H,5H2,(H,16,17). The Hall–Kier alpha value is -1.44. The van der Waals surface area contributed by atoms with Crippen LogP contribution in [0.1, 0.15) is 15.9 Å². The fraction of sp³-hybridized carbons (Fsp3) is 0.0909. The highest BCUT2D eigenvalue weighted by Crippen LogP contribution is 2.12. The lowest BCUT2D eigenvalue weighted by Gasteiger charge is -2.03. The van der Waals surface area contributed by atoms with E-state index in [1.54, 1.807) is 16.9 Å². The van der Waals surface area contributed by atoms with Gasteiger partial charge >= 0.3 is 5.97 Å². The average Bonchev–Trinajstić information content (AvgIpc) is 2.63. The minimum Gasteiger partial charge on any atom is -0.478 e. The second-order valence-electron chi connectivity index (χ2n) is 3.48. The van der Waals surface area contributed by atoms with Crippen molar-refractivity contribution in [2.75, 3.05) is 0 Å². The zero-order valence-corrected chi connectivity index (χ0v) is 10.8. The lowest BCUT2D eigenvalue weighted by Crippen LogP contribution is -2.04. The maximum Gasteiger partial charge on any atom is 0.338 e. The van der Waals surface area contributed by atoms with Crippen LogP contribution in [0, 0.1) is 9.39 Å². The van der Waals surface area contributed by atoms with Gasteiger partial charge in [-0.1, -0.05) is 6.07 Å². The quantitative estimate of drug-likeness (QED) is 0.869. The van der Waals surface area contributed by atoms with Gasteiger partial charge < -0.3 is 5.11 Å². The second-order valence-corrected chi connectivity index (χ2v) is 4.72. The van der Waals surface area contributed by atoms with Crippen molar-refractivity contribution in [3.05, 3.63) is 51.1 Å². The molecule has 0 amide bonds. The summed E-state index contributed by atoms with van der Waals surface area (Å²) < 4.78 is 16.1. The van der Waals surface area contributed by atoms with Crippen molar-refractivity contribution in [2.45, 2.75) is 6.54 Å². The molecule has 6 heteroatoms. The first-order valence-electron chi connectivity index (χ1n) is 4.76. The van der Waals surface area contributed by atoms with Gasteiger partial charge in [-0.3, -0.25) is 4.68 Å². The SMILES string of the molecule is O=C(O)c1ccc(Cn2cc(I)cn2)cc1F. The third-order valence-corrected chi connectivity index (χ3v) is 2.77. The fourth-order valence-corrected chi connectivity index (χ4v) is 1.89.